The van der Waals surface area contributed by atoms with Crippen molar-refractivity contribution in [3.05, 3.63) is 36.1 Å². The van der Waals surface area contributed by atoms with Crippen LogP contribution in [-0.2, 0) is 14.3 Å². The molecule has 0 saturated carbocycles. The van der Waals surface area contributed by atoms with Gasteiger partial charge in [-0.25, -0.2) is 0 Å². The fourth-order valence-electron chi connectivity index (χ4n) is 3.53. The number of nitrogens with one attached hydrogen (secondary N) is 1. The van der Waals surface area contributed by atoms with Gasteiger partial charge in [0.1, 0.15) is 5.76 Å². The van der Waals surface area contributed by atoms with E-state index in [0.717, 1.165) is 24.5 Å². The lowest BCUT2D eigenvalue weighted by Crippen LogP contribution is -2.38. The second kappa shape index (κ2) is 7.40. The van der Waals surface area contributed by atoms with E-state index in [2.05, 4.69) is 15.4 Å². The van der Waals surface area contributed by atoms with Gasteiger partial charge >= 0.3 is 0 Å². The largest absolute Gasteiger partial charge is 0.378 e. The molecule has 1 unspecified atom stereocenters. The molecule has 0 radical (unpaired) electrons. The molecular weight excluding hydrogens is 348 g/mol. The third-order valence-electron chi connectivity index (χ3n) is 4.90. The number of hydrogen-bond donors (Lipinski definition) is 1. The highest BCUT2D eigenvalue weighted by atomic mass is 16.5. The Kier molecular flexibility index (Phi) is 4.81. The van der Waals surface area contributed by atoms with Gasteiger partial charge in [0.15, 0.2) is 5.82 Å². The summed E-state index contributed by atoms with van der Waals surface area (Å²) in [5, 5.41) is 6.50. The van der Waals surface area contributed by atoms with Crippen LogP contribution in [0.2, 0.25) is 0 Å². The van der Waals surface area contributed by atoms with Crippen molar-refractivity contribution in [1.29, 1.82) is 0 Å². The Hall–Kier alpha value is -2.87. The van der Waals surface area contributed by atoms with E-state index in [0.29, 0.717) is 31.3 Å². The van der Waals surface area contributed by atoms with Crippen molar-refractivity contribution < 1.29 is 18.8 Å². The van der Waals surface area contributed by atoms with Crippen LogP contribution in [0.5, 0.6) is 0 Å². The minimum atomic E-state index is -0.424. The van der Waals surface area contributed by atoms with Gasteiger partial charge in [-0.2, -0.15) is 0 Å². The fraction of sp³-hybridized carbons (Fsp3) is 0.421. The molecule has 1 aromatic heterocycles. The highest BCUT2D eigenvalue weighted by Crippen LogP contribution is 2.34. The van der Waals surface area contributed by atoms with E-state index in [4.69, 9.17) is 9.26 Å². The number of nitrogens with zero attached hydrogens (tertiary/aromatic N) is 3. The highest BCUT2D eigenvalue weighted by molar-refractivity contribution is 6.04. The summed E-state index contributed by atoms with van der Waals surface area (Å²) in [6.45, 7) is 5.02. The maximum Gasteiger partial charge on any atom is 0.231 e. The zero-order valence-corrected chi connectivity index (χ0v) is 15.2. The lowest BCUT2D eigenvalue weighted by atomic mass is 10.1. The van der Waals surface area contributed by atoms with Crippen LogP contribution in [0, 0.1) is 12.8 Å². The molecule has 3 heterocycles. The molecule has 4 rings (SSSR count). The number of carbonyl (C=O) groups excluding carboxylic acids is 2. The SMILES string of the molecule is Cc1cc(NC(=O)C2CC(=O)N(c3ccccc3N3CCOCC3)C2)no1. The molecule has 2 saturated heterocycles. The monoisotopic (exact) mass is 370 g/mol. The molecule has 8 nitrogen and oxygen atoms in total. The molecule has 0 bridgehead atoms. The summed E-state index contributed by atoms with van der Waals surface area (Å²) < 4.78 is 10.4. The average Bonchev–Trinajstić information content (AvgIpc) is 3.28. The number of aryl methyl sites for hydroxylation is 1. The minimum absolute atomic E-state index is 0.0489. The summed E-state index contributed by atoms with van der Waals surface area (Å²) >= 11 is 0. The summed E-state index contributed by atoms with van der Waals surface area (Å²) in [4.78, 5) is 29.1. The van der Waals surface area contributed by atoms with E-state index in [1.807, 2.05) is 24.3 Å². The quantitative estimate of drug-likeness (QED) is 0.883. The van der Waals surface area contributed by atoms with E-state index in [1.165, 1.54) is 0 Å². The molecule has 27 heavy (non-hydrogen) atoms. The number of para-hydroxylation sites is 2. The number of morpholine rings is 1. The molecule has 0 aliphatic carbocycles. The standard InChI is InChI=1S/C19H22N4O4/c1-13-10-17(21-27-13)20-19(25)14-11-18(24)23(12-14)16-5-3-2-4-15(16)22-6-8-26-9-7-22/h2-5,10,14H,6-9,11-12H2,1H3,(H,20,21,25). The van der Waals surface area contributed by atoms with Gasteiger partial charge < -0.3 is 24.4 Å². The topological polar surface area (TPSA) is 87.9 Å². The molecule has 0 spiro atoms. The van der Waals surface area contributed by atoms with Crippen LogP contribution in [-0.4, -0.2) is 49.8 Å². The number of ether oxygens (including phenoxy) is 1. The normalized spacial score (nSPS) is 20.2. The Morgan fingerprint density at radius 2 is 1.96 bits per heavy atom. The second-order valence-corrected chi connectivity index (χ2v) is 6.81. The third-order valence-corrected chi connectivity index (χ3v) is 4.90. The number of carbonyl (C=O) groups is 2. The lowest BCUT2D eigenvalue weighted by Gasteiger charge is -2.32. The van der Waals surface area contributed by atoms with Crippen LogP contribution in [0.3, 0.4) is 0 Å². The maximum atomic E-state index is 12.6. The highest BCUT2D eigenvalue weighted by Gasteiger charge is 2.36. The Morgan fingerprint density at radius 3 is 2.67 bits per heavy atom. The van der Waals surface area contributed by atoms with Gasteiger partial charge in [0.2, 0.25) is 11.8 Å². The third kappa shape index (κ3) is 3.66. The van der Waals surface area contributed by atoms with Gasteiger partial charge in [0.25, 0.3) is 0 Å². The number of hydrogen-bond acceptors (Lipinski definition) is 6. The van der Waals surface area contributed by atoms with E-state index >= 15 is 0 Å². The predicted octanol–water partition coefficient (Wildman–Crippen LogP) is 1.81. The van der Waals surface area contributed by atoms with Crippen LogP contribution < -0.4 is 15.1 Å². The van der Waals surface area contributed by atoms with Crippen molar-refractivity contribution in [1.82, 2.24) is 5.16 Å². The number of anilines is 3. The molecular formula is C19H22N4O4. The Bertz CT molecular complexity index is 844. The molecule has 1 atom stereocenters. The van der Waals surface area contributed by atoms with Crippen molar-refractivity contribution in [2.45, 2.75) is 13.3 Å². The molecule has 2 aromatic rings. The molecule has 2 fully saturated rings. The van der Waals surface area contributed by atoms with Crippen molar-refractivity contribution >= 4 is 29.0 Å². The predicted molar refractivity (Wildman–Crippen MR) is 99.8 cm³/mol. The van der Waals surface area contributed by atoms with Gasteiger partial charge in [0.05, 0.1) is 30.5 Å². The van der Waals surface area contributed by atoms with E-state index in [-0.39, 0.29) is 18.2 Å². The molecule has 2 amide bonds. The summed E-state index contributed by atoms with van der Waals surface area (Å²) in [5.41, 5.74) is 1.85. The summed E-state index contributed by atoms with van der Waals surface area (Å²) in [6, 6.07) is 9.48. The van der Waals surface area contributed by atoms with Crippen molar-refractivity contribution in [3.63, 3.8) is 0 Å². The Balaban J connectivity index is 1.50. The van der Waals surface area contributed by atoms with Crippen LogP contribution in [0.4, 0.5) is 17.2 Å². The second-order valence-electron chi connectivity index (χ2n) is 6.81. The number of aromatic nitrogens is 1. The lowest BCUT2D eigenvalue weighted by molar-refractivity contribution is -0.122. The van der Waals surface area contributed by atoms with E-state index < -0.39 is 5.92 Å². The number of rotatable bonds is 4. The van der Waals surface area contributed by atoms with Crippen molar-refractivity contribution in [3.8, 4) is 0 Å². The van der Waals surface area contributed by atoms with E-state index in [1.54, 1.807) is 17.9 Å². The first kappa shape index (κ1) is 17.5. The van der Waals surface area contributed by atoms with E-state index in [9.17, 15) is 9.59 Å². The van der Waals surface area contributed by atoms with Crippen LogP contribution >= 0.6 is 0 Å². The van der Waals surface area contributed by atoms with Crippen LogP contribution in [0.1, 0.15) is 12.2 Å². The smallest absolute Gasteiger partial charge is 0.231 e. The summed E-state index contributed by atoms with van der Waals surface area (Å²) in [5.74, 6) is 0.299. The van der Waals surface area contributed by atoms with Crippen molar-refractivity contribution in [2.24, 2.45) is 5.92 Å². The molecule has 1 aromatic carbocycles. The average molecular weight is 370 g/mol. The molecule has 2 aliphatic rings. The summed E-state index contributed by atoms with van der Waals surface area (Å²) in [7, 11) is 0. The van der Waals surface area contributed by atoms with Gasteiger partial charge in [-0.05, 0) is 19.1 Å². The Morgan fingerprint density at radius 1 is 1.22 bits per heavy atom. The molecule has 142 valence electrons. The van der Waals surface area contributed by atoms with Gasteiger partial charge in [0, 0.05) is 32.1 Å². The zero-order chi connectivity index (χ0) is 18.8. The van der Waals surface area contributed by atoms with Gasteiger partial charge in [-0.3, -0.25) is 9.59 Å². The molecule has 1 N–H and O–H groups in total. The first-order chi connectivity index (χ1) is 13.1. The first-order valence-electron chi connectivity index (χ1n) is 9.08. The molecule has 8 heteroatoms. The van der Waals surface area contributed by atoms with Crippen LogP contribution in [0.15, 0.2) is 34.9 Å². The molecule has 2 aliphatic heterocycles. The van der Waals surface area contributed by atoms with Gasteiger partial charge in [-0.1, -0.05) is 17.3 Å². The van der Waals surface area contributed by atoms with Crippen LogP contribution in [0.25, 0.3) is 0 Å². The minimum Gasteiger partial charge on any atom is -0.378 e. The van der Waals surface area contributed by atoms with Crippen molar-refractivity contribution in [2.75, 3.05) is 48.0 Å². The fourth-order valence-corrected chi connectivity index (χ4v) is 3.53. The number of amides is 2. The van der Waals surface area contributed by atoms with Gasteiger partial charge in [-0.15, -0.1) is 0 Å². The number of benzene rings is 1. The maximum absolute atomic E-state index is 12.6. The summed E-state index contributed by atoms with van der Waals surface area (Å²) in [6.07, 6.45) is 0.181. The Labute approximate surface area is 157 Å². The zero-order valence-electron chi connectivity index (χ0n) is 15.2. The first-order valence-corrected chi connectivity index (χ1v) is 9.08.